The zero-order valence-electron chi connectivity index (χ0n) is 10.6. The van der Waals surface area contributed by atoms with Gasteiger partial charge < -0.3 is 10.1 Å². The molecule has 1 N–H and O–H groups in total. The summed E-state index contributed by atoms with van der Waals surface area (Å²) in [4.78, 5) is 0. The Bertz CT molecular complexity index is 384. The van der Waals surface area contributed by atoms with Crippen LogP contribution in [0.1, 0.15) is 25.3 Å². The van der Waals surface area contributed by atoms with Crippen molar-refractivity contribution >= 4 is 0 Å². The topological polar surface area (TPSA) is 21.3 Å². The summed E-state index contributed by atoms with van der Waals surface area (Å²) in [5, 5.41) is 3.31. The predicted molar refractivity (Wildman–Crippen MR) is 67.1 cm³/mol. The Morgan fingerprint density at radius 3 is 2.94 bits per heavy atom. The third-order valence-corrected chi connectivity index (χ3v) is 3.23. The second kappa shape index (κ2) is 5.65. The van der Waals surface area contributed by atoms with Crippen molar-refractivity contribution < 1.29 is 13.5 Å². The van der Waals surface area contributed by atoms with E-state index in [4.69, 9.17) is 4.74 Å². The quantitative estimate of drug-likeness (QED) is 0.892. The third kappa shape index (κ3) is 3.67. The van der Waals surface area contributed by atoms with Crippen LogP contribution in [-0.2, 0) is 5.92 Å². The number of benzene rings is 1. The highest BCUT2D eigenvalue weighted by atomic mass is 19.3. The molecule has 0 amide bonds. The molecule has 1 heterocycles. The highest BCUT2D eigenvalue weighted by molar-refractivity contribution is 5.30. The van der Waals surface area contributed by atoms with Crippen molar-refractivity contribution in [1.29, 1.82) is 0 Å². The van der Waals surface area contributed by atoms with Gasteiger partial charge in [0.1, 0.15) is 5.75 Å². The van der Waals surface area contributed by atoms with Gasteiger partial charge in [-0.25, -0.2) is 8.78 Å². The SMILES string of the molecule is CC(F)(F)c1cccc(OCC2CCCNC2)c1. The molecule has 2 nitrogen and oxygen atoms in total. The van der Waals surface area contributed by atoms with Crippen LogP contribution in [0.3, 0.4) is 0 Å². The number of hydrogen-bond acceptors (Lipinski definition) is 2. The maximum atomic E-state index is 13.2. The molecular weight excluding hydrogens is 236 g/mol. The van der Waals surface area contributed by atoms with Crippen LogP contribution in [0.2, 0.25) is 0 Å². The molecule has 0 aromatic heterocycles. The van der Waals surface area contributed by atoms with Gasteiger partial charge in [-0.3, -0.25) is 0 Å². The van der Waals surface area contributed by atoms with Gasteiger partial charge >= 0.3 is 0 Å². The minimum atomic E-state index is -2.81. The van der Waals surface area contributed by atoms with E-state index >= 15 is 0 Å². The Labute approximate surface area is 106 Å². The number of ether oxygens (including phenoxy) is 1. The van der Waals surface area contributed by atoms with E-state index < -0.39 is 5.92 Å². The molecule has 1 unspecified atom stereocenters. The number of halogens is 2. The fourth-order valence-electron chi connectivity index (χ4n) is 2.14. The number of piperidine rings is 1. The molecule has 1 atom stereocenters. The number of hydrogen-bond donors (Lipinski definition) is 1. The summed E-state index contributed by atoms with van der Waals surface area (Å²) in [5.74, 6) is -1.81. The van der Waals surface area contributed by atoms with Gasteiger partial charge in [0.25, 0.3) is 5.92 Å². The van der Waals surface area contributed by atoms with E-state index in [1.165, 1.54) is 12.1 Å². The van der Waals surface area contributed by atoms with E-state index in [9.17, 15) is 8.78 Å². The summed E-state index contributed by atoms with van der Waals surface area (Å²) in [6.45, 7) is 3.50. The molecule has 0 saturated carbocycles. The monoisotopic (exact) mass is 255 g/mol. The first-order valence-electron chi connectivity index (χ1n) is 6.37. The van der Waals surface area contributed by atoms with Crippen molar-refractivity contribution in [1.82, 2.24) is 5.32 Å². The molecule has 18 heavy (non-hydrogen) atoms. The molecule has 1 saturated heterocycles. The molecule has 100 valence electrons. The Balaban J connectivity index is 1.92. The first-order valence-corrected chi connectivity index (χ1v) is 6.37. The summed E-state index contributed by atoms with van der Waals surface area (Å²) in [6, 6.07) is 6.19. The van der Waals surface area contributed by atoms with Gasteiger partial charge in [-0.05, 0) is 31.5 Å². The van der Waals surface area contributed by atoms with Gasteiger partial charge in [-0.1, -0.05) is 12.1 Å². The van der Waals surface area contributed by atoms with Crippen molar-refractivity contribution in [2.75, 3.05) is 19.7 Å². The molecule has 0 radical (unpaired) electrons. The number of rotatable bonds is 4. The summed E-state index contributed by atoms with van der Waals surface area (Å²) < 4.78 is 31.9. The predicted octanol–water partition coefficient (Wildman–Crippen LogP) is 3.18. The Morgan fingerprint density at radius 2 is 2.28 bits per heavy atom. The van der Waals surface area contributed by atoms with Crippen molar-refractivity contribution in [3.63, 3.8) is 0 Å². The van der Waals surface area contributed by atoms with Crippen LogP contribution in [0.5, 0.6) is 5.75 Å². The van der Waals surface area contributed by atoms with Crippen molar-refractivity contribution in [3.8, 4) is 5.75 Å². The van der Waals surface area contributed by atoms with Crippen LogP contribution < -0.4 is 10.1 Å². The lowest BCUT2D eigenvalue weighted by atomic mass is 10.0. The molecule has 1 aromatic carbocycles. The van der Waals surface area contributed by atoms with E-state index in [0.717, 1.165) is 32.9 Å². The molecule has 1 aromatic rings. The van der Waals surface area contributed by atoms with Crippen LogP contribution >= 0.6 is 0 Å². The molecule has 0 spiro atoms. The lowest BCUT2D eigenvalue weighted by Gasteiger charge is -2.23. The van der Waals surface area contributed by atoms with E-state index in [1.54, 1.807) is 12.1 Å². The highest BCUT2D eigenvalue weighted by Gasteiger charge is 2.24. The molecule has 1 aliphatic heterocycles. The Hall–Kier alpha value is -1.16. The lowest BCUT2D eigenvalue weighted by molar-refractivity contribution is 0.0171. The standard InChI is InChI=1S/C14H19F2NO/c1-14(15,16)12-5-2-6-13(8-12)18-10-11-4-3-7-17-9-11/h2,5-6,8,11,17H,3-4,7,9-10H2,1H3. The van der Waals surface area contributed by atoms with E-state index in [0.29, 0.717) is 18.3 Å². The van der Waals surface area contributed by atoms with Gasteiger partial charge in [-0.15, -0.1) is 0 Å². The average Bonchev–Trinajstić information content (AvgIpc) is 2.37. The summed E-state index contributed by atoms with van der Waals surface area (Å²) >= 11 is 0. The highest BCUT2D eigenvalue weighted by Crippen LogP contribution is 2.29. The van der Waals surface area contributed by atoms with E-state index in [-0.39, 0.29) is 5.56 Å². The van der Waals surface area contributed by atoms with Gasteiger partial charge in [-0.2, -0.15) is 0 Å². The number of nitrogens with one attached hydrogen (secondary N) is 1. The van der Waals surface area contributed by atoms with Crippen molar-refractivity contribution in [2.24, 2.45) is 5.92 Å². The Kier molecular flexibility index (Phi) is 4.17. The smallest absolute Gasteiger partial charge is 0.270 e. The lowest BCUT2D eigenvalue weighted by Crippen LogP contribution is -2.33. The fourth-order valence-corrected chi connectivity index (χ4v) is 2.14. The zero-order chi connectivity index (χ0) is 13.0. The molecule has 0 aliphatic carbocycles. The molecule has 0 bridgehead atoms. The molecule has 4 heteroatoms. The van der Waals surface area contributed by atoms with Gasteiger partial charge in [0.2, 0.25) is 0 Å². The maximum absolute atomic E-state index is 13.2. The average molecular weight is 255 g/mol. The minimum Gasteiger partial charge on any atom is -0.493 e. The van der Waals surface area contributed by atoms with Gasteiger partial charge in [0.15, 0.2) is 0 Å². The summed E-state index contributed by atoms with van der Waals surface area (Å²) in [7, 11) is 0. The minimum absolute atomic E-state index is 0.00164. The second-order valence-electron chi connectivity index (χ2n) is 4.94. The fraction of sp³-hybridized carbons (Fsp3) is 0.571. The van der Waals surface area contributed by atoms with Crippen LogP contribution in [0.4, 0.5) is 8.78 Å². The van der Waals surface area contributed by atoms with Crippen molar-refractivity contribution in [2.45, 2.75) is 25.7 Å². The van der Waals surface area contributed by atoms with Crippen LogP contribution in [-0.4, -0.2) is 19.7 Å². The van der Waals surface area contributed by atoms with Crippen molar-refractivity contribution in [3.05, 3.63) is 29.8 Å². The van der Waals surface area contributed by atoms with Crippen LogP contribution in [0, 0.1) is 5.92 Å². The largest absolute Gasteiger partial charge is 0.493 e. The van der Waals surface area contributed by atoms with Gasteiger partial charge in [0, 0.05) is 24.9 Å². The molecule has 1 aliphatic rings. The van der Waals surface area contributed by atoms with E-state index in [1.807, 2.05) is 0 Å². The van der Waals surface area contributed by atoms with Gasteiger partial charge in [0.05, 0.1) is 6.61 Å². The maximum Gasteiger partial charge on any atom is 0.270 e. The third-order valence-electron chi connectivity index (χ3n) is 3.23. The molecule has 2 rings (SSSR count). The second-order valence-corrected chi connectivity index (χ2v) is 4.94. The van der Waals surface area contributed by atoms with Crippen LogP contribution in [0.15, 0.2) is 24.3 Å². The normalized spacial score (nSPS) is 20.7. The molecule has 1 fully saturated rings. The summed E-state index contributed by atoms with van der Waals surface area (Å²) in [5.41, 5.74) is 0.00164. The Morgan fingerprint density at radius 1 is 1.44 bits per heavy atom. The first-order chi connectivity index (χ1) is 8.55. The first kappa shape index (κ1) is 13.3. The zero-order valence-corrected chi connectivity index (χ0v) is 10.6. The van der Waals surface area contributed by atoms with E-state index in [2.05, 4.69) is 5.32 Å². The summed E-state index contributed by atoms with van der Waals surface area (Å²) in [6.07, 6.45) is 2.29. The van der Waals surface area contributed by atoms with Crippen LogP contribution in [0.25, 0.3) is 0 Å². The molecular formula is C14H19F2NO. The number of alkyl halides is 2.